The van der Waals surface area contributed by atoms with Crippen molar-refractivity contribution in [1.29, 1.82) is 0 Å². The van der Waals surface area contributed by atoms with E-state index in [1.165, 1.54) is 7.11 Å². The van der Waals surface area contributed by atoms with Gasteiger partial charge in [0.2, 0.25) is 0 Å². The smallest absolute Gasteiger partial charge is 0.354 e. The normalized spacial score (nSPS) is 10.4. The van der Waals surface area contributed by atoms with E-state index in [0.29, 0.717) is 18.8 Å². The van der Waals surface area contributed by atoms with Crippen LogP contribution in [0.5, 0.6) is 0 Å². The van der Waals surface area contributed by atoms with Gasteiger partial charge in [-0.2, -0.15) is 0 Å². The van der Waals surface area contributed by atoms with Crippen LogP contribution in [0.4, 0.5) is 0 Å². The lowest BCUT2D eigenvalue weighted by Crippen LogP contribution is -2.13. The highest BCUT2D eigenvalue weighted by atomic mass is 16.5. The van der Waals surface area contributed by atoms with Gasteiger partial charge >= 0.3 is 5.97 Å². The molecule has 0 unspecified atom stereocenters. The molecule has 17 heavy (non-hydrogen) atoms. The van der Waals surface area contributed by atoms with Gasteiger partial charge in [-0.3, -0.25) is 0 Å². The second-order valence-electron chi connectivity index (χ2n) is 3.57. The van der Waals surface area contributed by atoms with E-state index in [0.717, 1.165) is 11.4 Å². The quantitative estimate of drug-likeness (QED) is 0.669. The fourth-order valence-corrected chi connectivity index (χ4v) is 1.49. The summed E-state index contributed by atoms with van der Waals surface area (Å²) in [5.41, 5.74) is 2.42. The number of hydrogen-bond acceptors (Lipinski definition) is 4. The Morgan fingerprint density at radius 3 is 2.94 bits per heavy atom. The number of nitrogens with zero attached hydrogens (tertiary/aromatic N) is 1. The second-order valence-corrected chi connectivity index (χ2v) is 3.57. The predicted molar refractivity (Wildman–Crippen MR) is 61.3 cm³/mol. The van der Waals surface area contributed by atoms with Gasteiger partial charge in [0.15, 0.2) is 0 Å². The highest BCUT2D eigenvalue weighted by Gasteiger charge is 2.07. The maximum atomic E-state index is 11.2. The van der Waals surface area contributed by atoms with Crippen LogP contribution in [0.1, 0.15) is 21.9 Å². The molecule has 0 saturated carbocycles. The molecule has 3 N–H and O–H groups in total. The number of aromatic amines is 2. The van der Waals surface area contributed by atoms with Crippen LogP contribution in [0.3, 0.4) is 0 Å². The Bertz CT molecular complexity index is 475. The van der Waals surface area contributed by atoms with Crippen LogP contribution in [0.25, 0.3) is 0 Å². The minimum atomic E-state index is -0.357. The van der Waals surface area contributed by atoms with Gasteiger partial charge < -0.3 is 20.0 Å². The van der Waals surface area contributed by atoms with Gasteiger partial charge in [0.25, 0.3) is 0 Å². The fourth-order valence-electron chi connectivity index (χ4n) is 1.49. The molecule has 0 amide bonds. The van der Waals surface area contributed by atoms with Crippen molar-refractivity contribution < 1.29 is 9.53 Å². The van der Waals surface area contributed by atoms with E-state index < -0.39 is 0 Å². The van der Waals surface area contributed by atoms with Crippen molar-refractivity contribution >= 4 is 5.97 Å². The zero-order valence-electron chi connectivity index (χ0n) is 9.49. The van der Waals surface area contributed by atoms with Crippen molar-refractivity contribution in [3.63, 3.8) is 0 Å². The average molecular weight is 234 g/mol. The molecule has 0 fully saturated rings. The monoisotopic (exact) mass is 234 g/mol. The molecule has 0 aromatic carbocycles. The van der Waals surface area contributed by atoms with Crippen molar-refractivity contribution in [3.8, 4) is 0 Å². The highest BCUT2D eigenvalue weighted by molar-refractivity contribution is 5.87. The second kappa shape index (κ2) is 5.31. The fraction of sp³-hybridized carbons (Fsp3) is 0.273. The zero-order chi connectivity index (χ0) is 12.1. The molecule has 0 spiro atoms. The number of esters is 1. The summed E-state index contributed by atoms with van der Waals surface area (Å²) in [5, 5.41) is 3.22. The Kier molecular flexibility index (Phi) is 3.56. The van der Waals surface area contributed by atoms with Crippen LogP contribution in [0, 0.1) is 0 Å². The molecule has 0 aliphatic rings. The van der Waals surface area contributed by atoms with Crippen molar-refractivity contribution in [2.75, 3.05) is 7.11 Å². The van der Waals surface area contributed by atoms with Crippen LogP contribution in [0.15, 0.2) is 24.7 Å². The van der Waals surface area contributed by atoms with Gasteiger partial charge in [0.05, 0.1) is 13.4 Å². The molecule has 0 atom stereocenters. The van der Waals surface area contributed by atoms with E-state index in [2.05, 4.69) is 25.0 Å². The van der Waals surface area contributed by atoms with Gasteiger partial charge in [-0.05, 0) is 12.1 Å². The number of nitrogens with one attached hydrogen (secondary N) is 3. The molecule has 6 nitrogen and oxygen atoms in total. The third-order valence-electron chi connectivity index (χ3n) is 2.34. The first-order valence-electron chi connectivity index (χ1n) is 5.24. The summed E-state index contributed by atoms with van der Waals surface area (Å²) in [6.45, 7) is 1.35. The van der Waals surface area contributed by atoms with E-state index >= 15 is 0 Å². The molecular formula is C11H14N4O2. The van der Waals surface area contributed by atoms with E-state index in [1.807, 2.05) is 6.07 Å². The molecule has 0 aliphatic carbocycles. The number of methoxy groups -OCH3 is 1. The third kappa shape index (κ3) is 2.94. The summed E-state index contributed by atoms with van der Waals surface area (Å²) < 4.78 is 4.61. The van der Waals surface area contributed by atoms with Crippen molar-refractivity contribution in [1.82, 2.24) is 20.3 Å². The Hall–Kier alpha value is -2.08. The number of ether oxygens (including phenoxy) is 1. The third-order valence-corrected chi connectivity index (χ3v) is 2.34. The molecule has 90 valence electrons. The Morgan fingerprint density at radius 1 is 1.41 bits per heavy atom. The lowest BCUT2D eigenvalue weighted by molar-refractivity contribution is 0.0594. The summed E-state index contributed by atoms with van der Waals surface area (Å²) >= 11 is 0. The number of imidazole rings is 1. The Morgan fingerprint density at radius 2 is 2.24 bits per heavy atom. The first kappa shape index (κ1) is 11.4. The summed E-state index contributed by atoms with van der Waals surface area (Å²) in [6, 6.07) is 3.56. The van der Waals surface area contributed by atoms with Gasteiger partial charge in [0.1, 0.15) is 5.69 Å². The zero-order valence-corrected chi connectivity index (χ0v) is 9.49. The van der Waals surface area contributed by atoms with Crippen LogP contribution in [-0.2, 0) is 17.8 Å². The minimum Gasteiger partial charge on any atom is -0.464 e. The van der Waals surface area contributed by atoms with Crippen LogP contribution in [0.2, 0.25) is 0 Å². The number of aromatic nitrogens is 3. The molecule has 0 aliphatic heterocycles. The molecule has 2 heterocycles. The standard InChI is InChI=1S/C11H14N4O2/c1-17-11(16)10-3-2-8(15-10)4-12-5-9-6-13-7-14-9/h2-3,6-7,12,15H,4-5H2,1H3,(H,13,14). The summed E-state index contributed by atoms with van der Waals surface area (Å²) in [4.78, 5) is 21.1. The maximum absolute atomic E-state index is 11.2. The van der Waals surface area contributed by atoms with Crippen molar-refractivity contribution in [3.05, 3.63) is 41.7 Å². The van der Waals surface area contributed by atoms with Crippen LogP contribution < -0.4 is 5.32 Å². The van der Waals surface area contributed by atoms with Gasteiger partial charge in [0, 0.05) is 30.7 Å². The van der Waals surface area contributed by atoms with Gasteiger partial charge in [-0.15, -0.1) is 0 Å². The van der Waals surface area contributed by atoms with Gasteiger partial charge in [-0.25, -0.2) is 9.78 Å². The molecule has 2 aromatic heterocycles. The van der Waals surface area contributed by atoms with Crippen LogP contribution in [-0.4, -0.2) is 28.0 Å². The molecule has 2 aromatic rings. The summed E-state index contributed by atoms with van der Waals surface area (Å²) in [7, 11) is 1.36. The molecule has 0 bridgehead atoms. The molecule has 0 saturated heterocycles. The summed E-state index contributed by atoms with van der Waals surface area (Å²) in [6.07, 6.45) is 3.41. The largest absolute Gasteiger partial charge is 0.464 e. The number of carbonyl (C=O) groups excluding carboxylic acids is 1. The van der Waals surface area contributed by atoms with Gasteiger partial charge in [-0.1, -0.05) is 0 Å². The molecular weight excluding hydrogens is 220 g/mol. The predicted octanol–water partition coefficient (Wildman–Crippen LogP) is 0.814. The van der Waals surface area contributed by atoms with E-state index in [1.54, 1.807) is 18.6 Å². The van der Waals surface area contributed by atoms with Crippen molar-refractivity contribution in [2.24, 2.45) is 0 Å². The molecule has 0 radical (unpaired) electrons. The van der Waals surface area contributed by atoms with Crippen LogP contribution >= 0.6 is 0 Å². The number of H-pyrrole nitrogens is 2. The molecule has 2 rings (SSSR count). The first-order chi connectivity index (χ1) is 8.29. The highest BCUT2D eigenvalue weighted by Crippen LogP contribution is 2.03. The molecule has 6 heteroatoms. The van der Waals surface area contributed by atoms with E-state index in [9.17, 15) is 4.79 Å². The summed E-state index contributed by atoms with van der Waals surface area (Å²) in [5.74, 6) is -0.357. The van der Waals surface area contributed by atoms with Crippen molar-refractivity contribution in [2.45, 2.75) is 13.1 Å². The lowest BCUT2D eigenvalue weighted by atomic mass is 10.4. The average Bonchev–Trinajstić information content (AvgIpc) is 2.99. The topological polar surface area (TPSA) is 82.8 Å². The number of rotatable bonds is 5. The lowest BCUT2D eigenvalue weighted by Gasteiger charge is -2.01. The maximum Gasteiger partial charge on any atom is 0.354 e. The first-order valence-corrected chi connectivity index (χ1v) is 5.24. The minimum absolute atomic E-state index is 0.357. The Labute approximate surface area is 98.4 Å². The van der Waals surface area contributed by atoms with E-state index in [4.69, 9.17) is 0 Å². The Balaban J connectivity index is 1.83. The SMILES string of the molecule is COC(=O)c1ccc(CNCc2cnc[nH]2)[nH]1. The van der Waals surface area contributed by atoms with E-state index in [-0.39, 0.29) is 5.97 Å². The number of carbonyl (C=O) groups is 1. The number of hydrogen-bond donors (Lipinski definition) is 3.